The Kier molecular flexibility index (Phi) is 8.21. The van der Waals surface area contributed by atoms with Crippen LogP contribution in [0.4, 0.5) is 0 Å². The predicted octanol–water partition coefficient (Wildman–Crippen LogP) is 4.88. The summed E-state index contributed by atoms with van der Waals surface area (Å²) in [5.41, 5.74) is 0. The summed E-state index contributed by atoms with van der Waals surface area (Å²) in [5, 5.41) is 3.16. The second kappa shape index (κ2) is 11.1. The van der Waals surface area contributed by atoms with E-state index in [0.29, 0.717) is 6.10 Å². The molecular formula is C24H30Br2N2O4. The Hall–Kier alpha value is -1.48. The lowest BCUT2D eigenvalue weighted by Crippen LogP contribution is -2.59. The molecule has 0 bridgehead atoms. The van der Waals surface area contributed by atoms with Crippen molar-refractivity contribution in [1.82, 2.24) is 10.2 Å². The molecule has 1 N–H and O–H groups in total. The first kappa shape index (κ1) is 23.7. The Morgan fingerprint density at radius 1 is 0.781 bits per heavy atom. The summed E-state index contributed by atoms with van der Waals surface area (Å²) in [6.07, 6.45) is 4.74. The van der Waals surface area contributed by atoms with Crippen LogP contribution >= 0.6 is 31.9 Å². The number of halogens is 2. The van der Waals surface area contributed by atoms with Crippen LogP contribution in [0.25, 0.3) is 0 Å². The van der Waals surface area contributed by atoms with Crippen molar-refractivity contribution in [3.63, 3.8) is 0 Å². The van der Waals surface area contributed by atoms with Gasteiger partial charge in [0.25, 0.3) is 0 Å². The van der Waals surface area contributed by atoms with Crippen molar-refractivity contribution in [1.29, 1.82) is 0 Å². The fourth-order valence-corrected chi connectivity index (χ4v) is 4.46. The average Bonchev–Trinajstić information content (AvgIpc) is 2.69. The van der Waals surface area contributed by atoms with Crippen LogP contribution in [0, 0.1) is 0 Å². The summed E-state index contributed by atoms with van der Waals surface area (Å²) >= 11 is 6.82. The Morgan fingerprint density at radius 2 is 1.31 bits per heavy atom. The van der Waals surface area contributed by atoms with Crippen LogP contribution in [0.3, 0.4) is 0 Å². The fraction of sp³-hybridized carbons (Fsp3) is 0.500. The highest BCUT2D eigenvalue weighted by Crippen LogP contribution is 2.34. The quantitative estimate of drug-likeness (QED) is 0.513. The first-order valence-corrected chi connectivity index (χ1v) is 12.6. The summed E-state index contributed by atoms with van der Waals surface area (Å²) in [6.45, 7) is 3.95. The zero-order chi connectivity index (χ0) is 22.5. The van der Waals surface area contributed by atoms with Gasteiger partial charge in [0.1, 0.15) is 12.2 Å². The van der Waals surface area contributed by atoms with E-state index in [2.05, 4.69) is 42.1 Å². The van der Waals surface area contributed by atoms with Crippen LogP contribution in [0.1, 0.15) is 19.3 Å². The molecule has 0 atom stereocenters. The minimum atomic E-state index is 0.282. The first-order valence-electron chi connectivity index (χ1n) is 11.0. The third-order valence-electron chi connectivity index (χ3n) is 6.05. The van der Waals surface area contributed by atoms with E-state index in [1.54, 1.807) is 14.2 Å². The smallest absolute Gasteiger partial charge is 0.161 e. The maximum absolute atomic E-state index is 5.99. The van der Waals surface area contributed by atoms with Crippen molar-refractivity contribution >= 4 is 31.9 Å². The van der Waals surface area contributed by atoms with Gasteiger partial charge in [-0.25, -0.2) is 0 Å². The van der Waals surface area contributed by atoms with Crippen LogP contribution < -0.4 is 24.3 Å². The monoisotopic (exact) mass is 568 g/mol. The lowest BCUT2D eigenvalue weighted by molar-refractivity contribution is -0.0316. The zero-order valence-electron chi connectivity index (χ0n) is 18.5. The van der Waals surface area contributed by atoms with Crippen LogP contribution in [0.15, 0.2) is 45.3 Å². The third kappa shape index (κ3) is 5.90. The number of methoxy groups -OCH3 is 2. The number of benzene rings is 2. The van der Waals surface area contributed by atoms with E-state index in [9.17, 15) is 0 Å². The molecule has 2 aliphatic heterocycles. The molecule has 1 aliphatic carbocycles. The van der Waals surface area contributed by atoms with Crippen molar-refractivity contribution < 1.29 is 18.9 Å². The molecule has 2 saturated heterocycles. The maximum Gasteiger partial charge on any atom is 0.161 e. The fourth-order valence-electron chi connectivity index (χ4n) is 3.78. The largest absolute Gasteiger partial charge is 0.493 e. The minimum Gasteiger partial charge on any atom is -0.493 e. The topological polar surface area (TPSA) is 52.2 Å². The molecule has 1 saturated carbocycles. The molecule has 0 spiro atoms. The Bertz CT molecular complexity index is 900. The van der Waals surface area contributed by atoms with Gasteiger partial charge >= 0.3 is 0 Å². The Balaban J connectivity index is 0.000000158. The minimum absolute atomic E-state index is 0.282. The van der Waals surface area contributed by atoms with Crippen molar-refractivity contribution in [2.75, 3.05) is 40.4 Å². The molecule has 2 aromatic rings. The van der Waals surface area contributed by atoms with Crippen LogP contribution in [-0.4, -0.2) is 63.5 Å². The average molecular weight is 570 g/mol. The summed E-state index contributed by atoms with van der Waals surface area (Å²) in [5.74, 6) is 3.22. The van der Waals surface area contributed by atoms with Gasteiger partial charge in [-0.3, -0.25) is 4.90 Å². The summed E-state index contributed by atoms with van der Waals surface area (Å²) < 4.78 is 24.3. The summed E-state index contributed by atoms with van der Waals surface area (Å²) in [6, 6.07) is 12.5. The first-order chi connectivity index (χ1) is 15.6. The van der Waals surface area contributed by atoms with Gasteiger partial charge in [-0.05, 0) is 49.2 Å². The van der Waals surface area contributed by atoms with E-state index in [1.165, 1.54) is 19.3 Å². The number of nitrogens with one attached hydrogen (secondary N) is 1. The van der Waals surface area contributed by atoms with E-state index in [0.717, 1.165) is 64.2 Å². The van der Waals surface area contributed by atoms with E-state index < -0.39 is 0 Å². The number of likely N-dealkylation sites (tertiary alicyclic amines) is 1. The predicted molar refractivity (Wildman–Crippen MR) is 132 cm³/mol. The maximum atomic E-state index is 5.99. The molecule has 0 amide bonds. The molecule has 32 heavy (non-hydrogen) atoms. The lowest BCUT2D eigenvalue weighted by atomic mass is 9.89. The van der Waals surface area contributed by atoms with E-state index in [4.69, 9.17) is 18.9 Å². The van der Waals surface area contributed by atoms with Gasteiger partial charge in [0.15, 0.2) is 23.0 Å². The molecule has 2 heterocycles. The highest BCUT2D eigenvalue weighted by molar-refractivity contribution is 9.10. The molecule has 6 nitrogen and oxygen atoms in total. The van der Waals surface area contributed by atoms with Gasteiger partial charge in [0.05, 0.1) is 14.2 Å². The number of ether oxygens (including phenoxy) is 4. The normalized spacial score (nSPS) is 19.0. The molecular weight excluding hydrogens is 540 g/mol. The van der Waals surface area contributed by atoms with Gasteiger partial charge in [-0.1, -0.05) is 38.3 Å². The number of rotatable bonds is 7. The summed E-state index contributed by atoms with van der Waals surface area (Å²) in [4.78, 5) is 2.53. The lowest BCUT2D eigenvalue weighted by Gasteiger charge is -2.47. The second-order valence-electron chi connectivity index (χ2n) is 8.27. The molecule has 3 aliphatic rings. The molecule has 0 aromatic heterocycles. The number of hydrogen-bond donors (Lipinski definition) is 1. The SMILES string of the molecule is COc1cc(Br)ccc1OC1CN(C2CCC2)C1.COc1cc(Br)ccc1OC1CNC1. The van der Waals surface area contributed by atoms with Gasteiger partial charge < -0.3 is 24.3 Å². The van der Waals surface area contributed by atoms with Crippen LogP contribution in [0.5, 0.6) is 23.0 Å². The van der Waals surface area contributed by atoms with Crippen molar-refractivity contribution in [3.05, 3.63) is 45.3 Å². The van der Waals surface area contributed by atoms with Gasteiger partial charge in [0.2, 0.25) is 0 Å². The van der Waals surface area contributed by atoms with Gasteiger partial charge in [0, 0.05) is 41.2 Å². The Labute approximate surface area is 206 Å². The number of hydrogen-bond acceptors (Lipinski definition) is 6. The molecule has 0 unspecified atom stereocenters. The van der Waals surface area contributed by atoms with Crippen molar-refractivity contribution in [2.45, 2.75) is 37.5 Å². The van der Waals surface area contributed by atoms with E-state index >= 15 is 0 Å². The molecule has 5 rings (SSSR count). The highest BCUT2D eigenvalue weighted by atomic mass is 79.9. The third-order valence-corrected chi connectivity index (χ3v) is 7.04. The summed E-state index contributed by atoms with van der Waals surface area (Å²) in [7, 11) is 3.32. The van der Waals surface area contributed by atoms with Crippen LogP contribution in [0.2, 0.25) is 0 Å². The second-order valence-corrected chi connectivity index (χ2v) is 10.1. The highest BCUT2D eigenvalue weighted by Gasteiger charge is 2.36. The number of nitrogens with zero attached hydrogens (tertiary/aromatic N) is 1. The molecule has 2 aromatic carbocycles. The standard InChI is InChI=1S/C14H18BrNO2.C10H12BrNO2/c1-17-14-7-10(15)5-6-13(14)18-12-8-16(9-12)11-3-2-4-11;1-13-10-4-7(11)2-3-9(10)14-8-5-12-6-8/h5-7,11-12H,2-4,8-9H2,1H3;2-4,8,12H,5-6H2,1H3. The van der Waals surface area contributed by atoms with E-state index in [-0.39, 0.29) is 6.10 Å². The van der Waals surface area contributed by atoms with Crippen molar-refractivity contribution in [3.8, 4) is 23.0 Å². The molecule has 174 valence electrons. The van der Waals surface area contributed by atoms with E-state index in [1.807, 2.05) is 36.4 Å². The van der Waals surface area contributed by atoms with Crippen LogP contribution in [-0.2, 0) is 0 Å². The molecule has 3 fully saturated rings. The molecule has 0 radical (unpaired) electrons. The van der Waals surface area contributed by atoms with Gasteiger partial charge in [-0.2, -0.15) is 0 Å². The van der Waals surface area contributed by atoms with Crippen molar-refractivity contribution in [2.24, 2.45) is 0 Å². The molecule has 8 heteroatoms. The Morgan fingerprint density at radius 3 is 1.72 bits per heavy atom. The van der Waals surface area contributed by atoms with Gasteiger partial charge in [-0.15, -0.1) is 0 Å². The zero-order valence-corrected chi connectivity index (χ0v) is 21.7.